The third-order valence-electron chi connectivity index (χ3n) is 9.93. The molecular formula is C31H45N7O6. The first kappa shape index (κ1) is 31.8. The lowest BCUT2D eigenvalue weighted by atomic mass is 9.82. The van der Waals surface area contributed by atoms with Gasteiger partial charge in [-0.2, -0.15) is 0 Å². The second-order valence-corrected chi connectivity index (χ2v) is 13.7. The number of amides is 4. The second-order valence-electron chi connectivity index (χ2n) is 13.7. The van der Waals surface area contributed by atoms with Crippen LogP contribution in [0.1, 0.15) is 89.5 Å². The highest BCUT2D eigenvalue weighted by molar-refractivity contribution is 5.98. The molecule has 4 aliphatic rings. The molecule has 3 aliphatic heterocycles. The Morgan fingerprint density at radius 1 is 1.07 bits per heavy atom. The van der Waals surface area contributed by atoms with Crippen molar-refractivity contribution in [1.29, 1.82) is 0 Å². The third-order valence-corrected chi connectivity index (χ3v) is 9.93. The first-order valence-electron chi connectivity index (χ1n) is 15.9. The van der Waals surface area contributed by atoms with E-state index in [-0.39, 0.29) is 36.5 Å². The van der Waals surface area contributed by atoms with Gasteiger partial charge >= 0.3 is 5.97 Å². The minimum atomic E-state index is -1.16. The summed E-state index contributed by atoms with van der Waals surface area (Å²) in [7, 11) is 0. The molecule has 5 rings (SSSR count). The lowest BCUT2D eigenvalue weighted by molar-refractivity contribution is -0.151. The maximum Gasteiger partial charge on any atom is 0.326 e. The van der Waals surface area contributed by atoms with Crippen molar-refractivity contribution < 1.29 is 29.1 Å². The van der Waals surface area contributed by atoms with Gasteiger partial charge in [-0.1, -0.05) is 40.0 Å². The summed E-state index contributed by atoms with van der Waals surface area (Å²) >= 11 is 0. The summed E-state index contributed by atoms with van der Waals surface area (Å²) in [6, 6.07) is -3.44. The van der Waals surface area contributed by atoms with E-state index in [1.54, 1.807) is 4.90 Å². The number of nitrogens with one attached hydrogen (secondary N) is 2. The molecule has 1 saturated carbocycles. The van der Waals surface area contributed by atoms with Crippen LogP contribution in [0.2, 0.25) is 0 Å². The van der Waals surface area contributed by atoms with Crippen LogP contribution in [0, 0.1) is 11.3 Å². The predicted molar refractivity (Wildman–Crippen MR) is 159 cm³/mol. The normalized spacial score (nSPS) is 27.3. The van der Waals surface area contributed by atoms with E-state index in [2.05, 4.69) is 25.5 Å². The highest BCUT2D eigenvalue weighted by Gasteiger charge is 2.64. The van der Waals surface area contributed by atoms with Crippen molar-refractivity contribution in [2.45, 2.75) is 109 Å². The Hall–Kier alpha value is -3.61. The van der Waals surface area contributed by atoms with Crippen LogP contribution in [0.4, 0.5) is 0 Å². The molecule has 240 valence electrons. The molecule has 4 fully saturated rings. The third kappa shape index (κ3) is 5.78. The molecule has 0 bridgehead atoms. The van der Waals surface area contributed by atoms with Gasteiger partial charge in [0.2, 0.25) is 17.7 Å². The molecule has 5 atom stereocenters. The Balaban J connectivity index is 1.42. The van der Waals surface area contributed by atoms with E-state index in [4.69, 9.17) is 0 Å². The average Bonchev–Trinajstić information content (AvgIpc) is 3.70. The van der Waals surface area contributed by atoms with Gasteiger partial charge in [0.05, 0.1) is 18.8 Å². The average molecular weight is 612 g/mol. The van der Waals surface area contributed by atoms with Gasteiger partial charge < -0.3 is 25.5 Å². The number of carboxylic acids is 1. The molecule has 1 aromatic heterocycles. The van der Waals surface area contributed by atoms with Crippen molar-refractivity contribution in [2.75, 3.05) is 19.6 Å². The Bertz CT molecular complexity index is 1280. The minimum Gasteiger partial charge on any atom is -0.480 e. The summed E-state index contributed by atoms with van der Waals surface area (Å²) in [5.74, 6) is -2.81. The van der Waals surface area contributed by atoms with Crippen LogP contribution >= 0.6 is 0 Å². The summed E-state index contributed by atoms with van der Waals surface area (Å²) in [6.07, 6.45) is 10.3. The number of likely N-dealkylation sites (tertiary alicyclic amines) is 1. The van der Waals surface area contributed by atoms with Gasteiger partial charge in [0, 0.05) is 31.9 Å². The lowest BCUT2D eigenvalue weighted by Gasteiger charge is -2.40. The van der Waals surface area contributed by atoms with E-state index < -0.39 is 52.9 Å². The van der Waals surface area contributed by atoms with Crippen LogP contribution in [0.3, 0.4) is 0 Å². The number of aromatic nitrogens is 2. The molecule has 13 nitrogen and oxygen atoms in total. The number of carbonyl (C=O) groups is 5. The molecule has 2 unspecified atom stereocenters. The van der Waals surface area contributed by atoms with E-state index in [0.29, 0.717) is 19.5 Å². The number of likely N-dealkylation sites (N-methyl/N-ethyl adjacent to an activating group) is 1. The maximum atomic E-state index is 14.4. The number of rotatable bonds is 8. The number of carboxylic acid groups (broad SMARTS) is 1. The van der Waals surface area contributed by atoms with E-state index in [9.17, 15) is 29.1 Å². The predicted octanol–water partition coefficient (Wildman–Crippen LogP) is 1.39. The van der Waals surface area contributed by atoms with Gasteiger partial charge in [0.1, 0.15) is 29.5 Å². The zero-order chi connectivity index (χ0) is 31.8. The Kier molecular flexibility index (Phi) is 8.97. The Labute approximate surface area is 258 Å². The summed E-state index contributed by atoms with van der Waals surface area (Å²) in [5, 5.41) is 16.1. The highest BCUT2D eigenvalue weighted by Crippen LogP contribution is 2.46. The molecule has 44 heavy (non-hydrogen) atoms. The van der Waals surface area contributed by atoms with Gasteiger partial charge in [-0.3, -0.25) is 29.1 Å². The summed E-state index contributed by atoms with van der Waals surface area (Å²) in [4.78, 5) is 80.7. The molecule has 1 spiro atoms. The topological polar surface area (TPSA) is 165 Å². The van der Waals surface area contributed by atoms with Crippen LogP contribution < -0.4 is 10.6 Å². The van der Waals surface area contributed by atoms with Crippen molar-refractivity contribution in [2.24, 2.45) is 11.3 Å². The Morgan fingerprint density at radius 3 is 2.41 bits per heavy atom. The van der Waals surface area contributed by atoms with Crippen LogP contribution in [-0.4, -0.2) is 109 Å². The number of nitrogens with zero attached hydrogens (tertiary/aromatic N) is 5. The number of carbonyl (C=O) groups excluding carboxylic acids is 4. The molecule has 0 aromatic carbocycles. The fourth-order valence-corrected chi connectivity index (χ4v) is 7.78. The zero-order valence-corrected chi connectivity index (χ0v) is 26.1. The van der Waals surface area contributed by atoms with Crippen molar-refractivity contribution >= 4 is 29.6 Å². The van der Waals surface area contributed by atoms with E-state index >= 15 is 0 Å². The molecule has 1 aliphatic carbocycles. The number of fused-ring (bicyclic) bond motifs is 2. The molecule has 4 heterocycles. The first-order chi connectivity index (χ1) is 20.9. The van der Waals surface area contributed by atoms with Crippen molar-refractivity contribution in [3.63, 3.8) is 0 Å². The van der Waals surface area contributed by atoms with Crippen LogP contribution in [0.25, 0.3) is 0 Å². The van der Waals surface area contributed by atoms with Crippen molar-refractivity contribution in [1.82, 2.24) is 35.3 Å². The van der Waals surface area contributed by atoms with Crippen molar-refractivity contribution in [3.8, 4) is 0 Å². The largest absolute Gasteiger partial charge is 0.480 e. The van der Waals surface area contributed by atoms with Gasteiger partial charge in [-0.05, 0) is 43.9 Å². The second kappa shape index (κ2) is 12.4. The molecule has 4 amide bonds. The zero-order valence-electron chi connectivity index (χ0n) is 26.1. The summed E-state index contributed by atoms with van der Waals surface area (Å²) < 4.78 is 0. The molecule has 3 saturated heterocycles. The number of hydrogen-bond acceptors (Lipinski definition) is 8. The smallest absolute Gasteiger partial charge is 0.326 e. The maximum absolute atomic E-state index is 14.4. The SMILES string of the molecule is CCN1C(=O)[C@@H]2CCCN2C12CC(C(=O)O)N(C(=O)[C@@H](NC(=O)[C@@H](NC(=O)c1cnccn1)C1CCCCC1)C(C)(C)C)C2. The van der Waals surface area contributed by atoms with Gasteiger partial charge in [0.25, 0.3) is 5.91 Å². The highest BCUT2D eigenvalue weighted by atomic mass is 16.4. The molecule has 1 aromatic rings. The van der Waals surface area contributed by atoms with Crippen molar-refractivity contribution in [3.05, 3.63) is 24.3 Å². The van der Waals surface area contributed by atoms with Crippen LogP contribution in [-0.2, 0) is 19.2 Å². The molecule has 3 N–H and O–H groups in total. The monoisotopic (exact) mass is 611 g/mol. The minimum absolute atomic E-state index is 0.0155. The Morgan fingerprint density at radius 2 is 1.80 bits per heavy atom. The van der Waals surface area contributed by atoms with Gasteiger partial charge in [0.15, 0.2) is 0 Å². The summed E-state index contributed by atoms with van der Waals surface area (Å²) in [6.45, 7) is 8.46. The standard InChI is InChI=1S/C31H45N7O6/c1-5-37-27(41)21-12-9-15-38(21)31(37)16-22(29(43)44)36(18-31)28(42)24(30(2,3)4)35-26(40)23(19-10-7-6-8-11-19)34-25(39)20-17-32-13-14-33-20/h13-14,17,19,21-24H,5-12,15-16,18H2,1-4H3,(H,34,39)(H,35,40)(H,43,44)/t21-,22?,23-,24+,31?/m0/s1. The summed E-state index contributed by atoms with van der Waals surface area (Å²) in [5.41, 5.74) is -1.60. The number of hydrogen-bond donors (Lipinski definition) is 3. The quantitative estimate of drug-likeness (QED) is 0.394. The van der Waals surface area contributed by atoms with Gasteiger partial charge in [-0.15, -0.1) is 0 Å². The fourth-order valence-electron chi connectivity index (χ4n) is 7.78. The number of aliphatic carboxylic acids is 1. The van der Waals surface area contributed by atoms with E-state index in [0.717, 1.165) is 38.5 Å². The molecule has 0 radical (unpaired) electrons. The first-order valence-corrected chi connectivity index (χ1v) is 15.9. The van der Waals surface area contributed by atoms with Gasteiger partial charge in [-0.25, -0.2) is 9.78 Å². The molecular weight excluding hydrogens is 566 g/mol. The lowest BCUT2D eigenvalue weighted by Crippen LogP contribution is -2.62. The van der Waals surface area contributed by atoms with Crippen LogP contribution in [0.5, 0.6) is 0 Å². The van der Waals surface area contributed by atoms with Crippen LogP contribution in [0.15, 0.2) is 18.6 Å². The molecule has 13 heteroatoms. The fraction of sp³-hybridized carbons (Fsp3) is 0.710. The van der Waals surface area contributed by atoms with E-state index in [1.807, 2.05) is 27.7 Å². The van der Waals surface area contributed by atoms with E-state index in [1.165, 1.54) is 23.5 Å².